The maximum atomic E-state index is 12.8. The number of carbonyl (C=O) groups is 3. The fourth-order valence-corrected chi connectivity index (χ4v) is 8.92. The summed E-state index contributed by atoms with van der Waals surface area (Å²) in [7, 11) is 0. The van der Waals surface area contributed by atoms with E-state index >= 15 is 0 Å². The van der Waals surface area contributed by atoms with Crippen LogP contribution in [0.5, 0.6) is 0 Å². The zero-order chi connectivity index (χ0) is 46.7. The molecule has 0 saturated heterocycles. The Kier molecular flexibility index (Phi) is 51.1. The molecule has 0 bridgehead atoms. The van der Waals surface area contributed by atoms with Gasteiger partial charge in [0.2, 0.25) is 0 Å². The van der Waals surface area contributed by atoms with Crippen molar-refractivity contribution in [2.24, 2.45) is 5.92 Å². The Morgan fingerprint density at radius 1 is 0.297 bits per heavy atom. The molecule has 6 nitrogen and oxygen atoms in total. The molecule has 1 atom stereocenters. The first kappa shape index (κ1) is 62.4. The van der Waals surface area contributed by atoms with Crippen molar-refractivity contribution in [1.82, 2.24) is 0 Å². The van der Waals surface area contributed by atoms with Gasteiger partial charge in [-0.25, -0.2) is 0 Å². The molecule has 0 aromatic carbocycles. The van der Waals surface area contributed by atoms with Crippen LogP contribution in [0.2, 0.25) is 0 Å². The first-order valence-electron chi connectivity index (χ1n) is 28.9. The Morgan fingerprint density at radius 3 is 0.766 bits per heavy atom. The number of hydrogen-bond acceptors (Lipinski definition) is 6. The molecule has 0 aromatic rings. The van der Waals surface area contributed by atoms with E-state index in [1.165, 1.54) is 225 Å². The van der Waals surface area contributed by atoms with Crippen molar-refractivity contribution in [2.45, 2.75) is 336 Å². The first-order chi connectivity index (χ1) is 31.4. The minimum atomic E-state index is -0.761. The smallest absolute Gasteiger partial charge is 0.306 e. The Morgan fingerprint density at radius 2 is 0.516 bits per heavy atom. The van der Waals surface area contributed by atoms with Crippen molar-refractivity contribution in [3.8, 4) is 0 Å². The number of carbonyl (C=O) groups excluding carboxylic acids is 3. The molecule has 0 saturated carbocycles. The molecule has 0 aromatic heterocycles. The van der Waals surface area contributed by atoms with Crippen LogP contribution in [0.3, 0.4) is 0 Å². The van der Waals surface area contributed by atoms with Gasteiger partial charge in [-0.05, 0) is 25.2 Å². The van der Waals surface area contributed by atoms with E-state index in [1.54, 1.807) is 0 Å². The predicted octanol–water partition coefficient (Wildman–Crippen LogP) is 19.0. The molecule has 0 heterocycles. The van der Waals surface area contributed by atoms with E-state index in [0.29, 0.717) is 19.3 Å². The highest BCUT2D eigenvalue weighted by molar-refractivity contribution is 5.71. The summed E-state index contributed by atoms with van der Waals surface area (Å²) in [5.41, 5.74) is 0. The van der Waals surface area contributed by atoms with E-state index in [9.17, 15) is 14.4 Å². The van der Waals surface area contributed by atoms with E-state index < -0.39 is 6.10 Å². The molecule has 64 heavy (non-hydrogen) atoms. The molecule has 0 aliphatic heterocycles. The lowest BCUT2D eigenvalue weighted by molar-refractivity contribution is -0.167. The van der Waals surface area contributed by atoms with E-state index in [2.05, 4.69) is 27.7 Å². The lowest BCUT2D eigenvalue weighted by Crippen LogP contribution is -2.30. The summed E-state index contributed by atoms with van der Waals surface area (Å²) in [5, 5.41) is 0. The van der Waals surface area contributed by atoms with Crippen molar-refractivity contribution in [1.29, 1.82) is 0 Å². The van der Waals surface area contributed by atoms with E-state index in [1.807, 2.05) is 0 Å². The summed E-state index contributed by atoms with van der Waals surface area (Å²) >= 11 is 0. The number of esters is 3. The Bertz CT molecular complexity index is 964. The van der Waals surface area contributed by atoms with E-state index in [4.69, 9.17) is 14.2 Å². The fourth-order valence-electron chi connectivity index (χ4n) is 8.92. The molecule has 0 rings (SSSR count). The molecule has 0 amide bonds. The third-order valence-corrected chi connectivity index (χ3v) is 13.3. The number of hydrogen-bond donors (Lipinski definition) is 0. The highest BCUT2D eigenvalue weighted by Gasteiger charge is 2.19. The van der Waals surface area contributed by atoms with Crippen LogP contribution in [0.25, 0.3) is 0 Å². The number of unbranched alkanes of at least 4 members (excludes halogenated alkanes) is 40. The first-order valence-corrected chi connectivity index (χ1v) is 28.9. The molecule has 0 unspecified atom stereocenters. The molecule has 380 valence electrons. The Balaban J connectivity index is 4.26. The summed E-state index contributed by atoms with van der Waals surface area (Å²) in [5.74, 6) is 0.00835. The van der Waals surface area contributed by atoms with Crippen LogP contribution in [0.1, 0.15) is 329 Å². The van der Waals surface area contributed by atoms with Crippen LogP contribution in [-0.2, 0) is 28.6 Å². The third-order valence-electron chi connectivity index (χ3n) is 13.3. The van der Waals surface area contributed by atoms with Crippen LogP contribution in [0, 0.1) is 5.92 Å². The van der Waals surface area contributed by atoms with Gasteiger partial charge in [0.15, 0.2) is 6.10 Å². The van der Waals surface area contributed by atoms with Gasteiger partial charge in [0, 0.05) is 19.3 Å². The molecule has 6 heteroatoms. The Hall–Kier alpha value is -1.59. The number of rotatable bonds is 53. The quantitative estimate of drug-likeness (QED) is 0.0344. The zero-order valence-corrected chi connectivity index (χ0v) is 43.8. The van der Waals surface area contributed by atoms with Gasteiger partial charge in [0.1, 0.15) is 13.2 Å². The van der Waals surface area contributed by atoms with Crippen LogP contribution >= 0.6 is 0 Å². The Labute approximate surface area is 399 Å². The van der Waals surface area contributed by atoms with Gasteiger partial charge in [-0.1, -0.05) is 291 Å². The minimum Gasteiger partial charge on any atom is -0.462 e. The largest absolute Gasteiger partial charge is 0.462 e. The standard InChI is InChI=1S/C58H112O6/c1-5-7-9-11-13-15-17-18-19-20-21-22-27-31-35-39-43-47-51-58(61)64-55(52-62-56(59)49-45-41-37-33-28-16-14-12-10-8-6-2)53-63-57(60)50-46-42-38-34-30-26-24-23-25-29-32-36-40-44-48-54(3)4/h54-55H,5-53H2,1-4H3/t55-/m1/s1. The maximum Gasteiger partial charge on any atom is 0.306 e. The summed E-state index contributed by atoms with van der Waals surface area (Å²) in [4.78, 5) is 38.1. The highest BCUT2D eigenvalue weighted by atomic mass is 16.6. The van der Waals surface area contributed by atoms with Crippen molar-refractivity contribution in [3.63, 3.8) is 0 Å². The normalized spacial score (nSPS) is 12.0. The molecular formula is C58H112O6. The second-order valence-electron chi connectivity index (χ2n) is 20.4. The van der Waals surface area contributed by atoms with Crippen LogP contribution in [0.4, 0.5) is 0 Å². The van der Waals surface area contributed by atoms with E-state index in [-0.39, 0.29) is 31.1 Å². The van der Waals surface area contributed by atoms with Gasteiger partial charge >= 0.3 is 17.9 Å². The van der Waals surface area contributed by atoms with Crippen molar-refractivity contribution in [3.05, 3.63) is 0 Å². The molecule has 0 aliphatic rings. The highest BCUT2D eigenvalue weighted by Crippen LogP contribution is 2.18. The molecular weight excluding hydrogens is 793 g/mol. The summed E-state index contributed by atoms with van der Waals surface area (Å²) in [6, 6.07) is 0. The minimum absolute atomic E-state index is 0.0619. The molecule has 0 N–H and O–H groups in total. The summed E-state index contributed by atoms with van der Waals surface area (Å²) in [6.07, 6.45) is 56.6. The summed E-state index contributed by atoms with van der Waals surface area (Å²) < 4.78 is 16.9. The number of ether oxygens (including phenoxy) is 3. The second kappa shape index (κ2) is 52.4. The van der Waals surface area contributed by atoms with Gasteiger partial charge in [0.25, 0.3) is 0 Å². The summed E-state index contributed by atoms with van der Waals surface area (Å²) in [6.45, 7) is 9.06. The van der Waals surface area contributed by atoms with Crippen molar-refractivity contribution >= 4 is 17.9 Å². The molecule has 0 radical (unpaired) electrons. The topological polar surface area (TPSA) is 78.9 Å². The van der Waals surface area contributed by atoms with E-state index in [0.717, 1.165) is 63.7 Å². The van der Waals surface area contributed by atoms with Crippen LogP contribution in [0.15, 0.2) is 0 Å². The lowest BCUT2D eigenvalue weighted by atomic mass is 10.0. The van der Waals surface area contributed by atoms with Crippen LogP contribution < -0.4 is 0 Å². The second-order valence-corrected chi connectivity index (χ2v) is 20.4. The molecule has 0 aliphatic carbocycles. The van der Waals surface area contributed by atoms with Crippen molar-refractivity contribution < 1.29 is 28.6 Å². The van der Waals surface area contributed by atoms with Gasteiger partial charge in [-0.3, -0.25) is 14.4 Å². The van der Waals surface area contributed by atoms with Gasteiger partial charge in [-0.15, -0.1) is 0 Å². The average Bonchev–Trinajstić information content (AvgIpc) is 3.28. The SMILES string of the molecule is CCCCCCCCCCCCCCCCCCCCC(=O)O[C@H](COC(=O)CCCCCCCCCCCCC)COC(=O)CCCCCCCCCCCCCCCCC(C)C. The van der Waals surface area contributed by atoms with Gasteiger partial charge < -0.3 is 14.2 Å². The van der Waals surface area contributed by atoms with Gasteiger partial charge in [-0.2, -0.15) is 0 Å². The van der Waals surface area contributed by atoms with Crippen LogP contribution in [-0.4, -0.2) is 37.2 Å². The lowest BCUT2D eigenvalue weighted by Gasteiger charge is -2.18. The van der Waals surface area contributed by atoms with Crippen molar-refractivity contribution in [2.75, 3.05) is 13.2 Å². The monoisotopic (exact) mass is 905 g/mol. The fraction of sp³-hybridized carbons (Fsp3) is 0.948. The third kappa shape index (κ3) is 51.4. The molecule has 0 fully saturated rings. The maximum absolute atomic E-state index is 12.8. The average molecular weight is 906 g/mol. The van der Waals surface area contributed by atoms with Gasteiger partial charge in [0.05, 0.1) is 0 Å². The molecule has 0 spiro atoms. The zero-order valence-electron chi connectivity index (χ0n) is 43.8. The predicted molar refractivity (Wildman–Crippen MR) is 275 cm³/mol.